The van der Waals surface area contributed by atoms with E-state index in [1.807, 2.05) is 55.4 Å². The second-order valence-electron chi connectivity index (χ2n) is 13.3. The van der Waals surface area contributed by atoms with Gasteiger partial charge in [-0.3, -0.25) is 4.79 Å². The van der Waals surface area contributed by atoms with Gasteiger partial charge in [0.2, 0.25) is 0 Å². The van der Waals surface area contributed by atoms with Crippen LogP contribution in [0, 0.1) is 16.7 Å². The molecule has 0 amide bonds. The van der Waals surface area contributed by atoms with Crippen LogP contribution < -0.4 is 15.2 Å². The highest BCUT2D eigenvalue weighted by Gasteiger charge is 2.27. The number of hydrogen-bond donors (Lipinski definition) is 1. The third kappa shape index (κ3) is 15.5. The lowest BCUT2D eigenvalue weighted by Gasteiger charge is -2.23. The van der Waals surface area contributed by atoms with Crippen molar-refractivity contribution in [1.82, 2.24) is 0 Å². The first-order valence-corrected chi connectivity index (χ1v) is 14.3. The molecule has 1 unspecified atom stereocenters. The maximum atomic E-state index is 12.7. The van der Waals surface area contributed by atoms with Gasteiger partial charge in [-0.05, 0) is 61.6 Å². The Labute approximate surface area is 254 Å². The van der Waals surface area contributed by atoms with E-state index in [0.29, 0.717) is 5.56 Å². The number of nitrogens with two attached hydrogens (primary N) is 1. The van der Waals surface area contributed by atoms with Crippen molar-refractivity contribution < 1.29 is 52.3 Å². The molecule has 0 saturated heterocycles. The summed E-state index contributed by atoms with van der Waals surface area (Å²) in [6, 6.07) is 3.22. The van der Waals surface area contributed by atoms with Gasteiger partial charge in [-0.25, -0.2) is 14.4 Å². The largest absolute Gasteiger partial charge is 0.513 e. The lowest BCUT2D eigenvalue weighted by atomic mass is 9.99. The average Bonchev–Trinajstić information content (AvgIpc) is 2.86. The molecule has 0 aliphatic rings. The highest BCUT2D eigenvalue weighted by Crippen LogP contribution is 2.30. The van der Waals surface area contributed by atoms with Crippen LogP contribution in [0.2, 0.25) is 0 Å². The number of benzene rings is 1. The molecule has 2 N–H and O–H groups in total. The van der Waals surface area contributed by atoms with Crippen molar-refractivity contribution in [2.45, 2.75) is 107 Å². The number of carbonyl (C=O) groups excluding carboxylic acids is 4. The zero-order valence-corrected chi connectivity index (χ0v) is 27.3. The molecule has 1 rings (SSSR count). The Hall–Kier alpha value is -3.54. The van der Waals surface area contributed by atoms with Gasteiger partial charge in [0.15, 0.2) is 11.5 Å². The van der Waals surface area contributed by atoms with Crippen LogP contribution in [0.4, 0.5) is 14.4 Å². The van der Waals surface area contributed by atoms with Gasteiger partial charge in [0.25, 0.3) is 0 Å². The number of carbonyl (C=O) groups is 4. The zero-order valence-electron chi connectivity index (χ0n) is 27.3. The molecule has 0 saturated carbocycles. The second-order valence-corrected chi connectivity index (χ2v) is 13.3. The molecule has 12 heteroatoms. The fourth-order valence-corrected chi connectivity index (χ4v) is 2.90. The molecule has 0 heterocycles. The Morgan fingerprint density at radius 2 is 1.14 bits per heavy atom. The van der Waals surface area contributed by atoms with Crippen molar-refractivity contribution in [3.63, 3.8) is 0 Å². The van der Waals surface area contributed by atoms with Crippen LogP contribution in [0.25, 0.3) is 0 Å². The zero-order chi connectivity index (χ0) is 33.1. The van der Waals surface area contributed by atoms with Crippen LogP contribution in [0.15, 0.2) is 18.2 Å². The van der Waals surface area contributed by atoms with Crippen molar-refractivity contribution in [3.05, 3.63) is 23.8 Å². The van der Waals surface area contributed by atoms with Crippen LogP contribution in [-0.4, -0.2) is 62.0 Å². The van der Waals surface area contributed by atoms with Crippen LogP contribution in [0.5, 0.6) is 11.5 Å². The van der Waals surface area contributed by atoms with Gasteiger partial charge < -0.3 is 38.9 Å². The van der Waals surface area contributed by atoms with E-state index in [9.17, 15) is 19.2 Å². The second kappa shape index (κ2) is 16.3. The summed E-state index contributed by atoms with van der Waals surface area (Å²) in [5.74, 6) is -0.858. The molecule has 0 spiro atoms. The van der Waals surface area contributed by atoms with Gasteiger partial charge in [-0.1, -0.05) is 61.5 Å². The lowest BCUT2D eigenvalue weighted by Crippen LogP contribution is -2.39. The molecule has 43 heavy (non-hydrogen) atoms. The molecule has 0 aliphatic carbocycles. The maximum Gasteiger partial charge on any atom is 0.513 e. The van der Waals surface area contributed by atoms with Gasteiger partial charge in [0, 0.05) is 0 Å². The third-order valence-corrected chi connectivity index (χ3v) is 5.87. The van der Waals surface area contributed by atoms with E-state index >= 15 is 0 Å². The molecule has 0 aromatic heterocycles. The number of ether oxygens (including phenoxy) is 7. The third-order valence-electron chi connectivity index (χ3n) is 5.87. The summed E-state index contributed by atoms with van der Waals surface area (Å²) in [7, 11) is 0. The van der Waals surface area contributed by atoms with E-state index in [0.717, 1.165) is 0 Å². The van der Waals surface area contributed by atoms with Crippen molar-refractivity contribution in [1.29, 1.82) is 0 Å². The Morgan fingerprint density at radius 3 is 1.63 bits per heavy atom. The molecule has 0 radical (unpaired) electrons. The number of hydrogen-bond acceptors (Lipinski definition) is 12. The average molecular weight is 612 g/mol. The predicted molar refractivity (Wildman–Crippen MR) is 158 cm³/mol. The normalized spacial score (nSPS) is 14.5. The Balaban J connectivity index is 2.95. The van der Waals surface area contributed by atoms with Gasteiger partial charge in [0.05, 0.1) is 13.2 Å². The first-order valence-electron chi connectivity index (χ1n) is 14.3. The molecule has 0 aliphatic heterocycles. The van der Waals surface area contributed by atoms with E-state index in [-0.39, 0.29) is 54.0 Å². The standard InChI is InChI=1S/C31H49NO11/c1-18(2)19(3)40-29(36)41-21(5)20(4)39-26(33)23(32)14-22-12-13-24(42-27(34)37-16-30(6,7)8)25(15-22)43-28(35)38-17-31(9,10)11/h12-13,15,18-21,23H,14,16-17,32H2,1-11H3/t19?,20-,21-,23-/m0/s1. The predicted octanol–water partition coefficient (Wildman–Crippen LogP) is 6.20. The summed E-state index contributed by atoms with van der Waals surface area (Å²) in [4.78, 5) is 49.4. The van der Waals surface area contributed by atoms with Crippen molar-refractivity contribution in [2.24, 2.45) is 22.5 Å². The summed E-state index contributed by atoms with van der Waals surface area (Å²) >= 11 is 0. The molecule has 0 fully saturated rings. The van der Waals surface area contributed by atoms with Crippen LogP contribution in [-0.2, 0) is 34.9 Å². The lowest BCUT2D eigenvalue weighted by molar-refractivity contribution is -0.155. The van der Waals surface area contributed by atoms with Crippen LogP contribution in [0.3, 0.4) is 0 Å². The molecule has 1 aromatic carbocycles. The minimum absolute atomic E-state index is 0.0170. The molecular formula is C31H49NO11. The minimum Gasteiger partial charge on any atom is -0.458 e. The summed E-state index contributed by atoms with van der Waals surface area (Å²) in [5.41, 5.74) is 5.97. The number of esters is 1. The fraction of sp³-hybridized carbons (Fsp3) is 0.677. The summed E-state index contributed by atoms with van der Waals surface area (Å²) in [5, 5.41) is 0. The van der Waals surface area contributed by atoms with Crippen molar-refractivity contribution in [3.8, 4) is 11.5 Å². The fourth-order valence-electron chi connectivity index (χ4n) is 2.90. The first-order chi connectivity index (χ1) is 19.7. The monoisotopic (exact) mass is 611 g/mol. The Morgan fingerprint density at radius 1 is 0.674 bits per heavy atom. The number of rotatable bonds is 12. The molecule has 4 atom stereocenters. The first kappa shape index (κ1) is 37.5. The molecule has 0 bridgehead atoms. The van der Waals surface area contributed by atoms with E-state index in [1.165, 1.54) is 12.1 Å². The molecule has 1 aromatic rings. The quantitative estimate of drug-likeness (QED) is 0.162. The van der Waals surface area contributed by atoms with Crippen LogP contribution in [0.1, 0.15) is 81.7 Å². The Kier molecular flexibility index (Phi) is 14.2. The van der Waals surface area contributed by atoms with Gasteiger partial charge in [-0.15, -0.1) is 0 Å². The molecule has 244 valence electrons. The van der Waals surface area contributed by atoms with E-state index in [4.69, 9.17) is 38.9 Å². The summed E-state index contributed by atoms with van der Waals surface area (Å²) < 4.78 is 36.7. The SMILES string of the molecule is CC(C)C(C)OC(=O)O[C@@H](C)[C@H](C)OC(=O)[C@@H](N)Cc1ccc(OC(=O)OCC(C)(C)C)c(OC(=O)OCC(C)(C)C)c1. The summed E-state index contributed by atoms with van der Waals surface area (Å²) in [6.07, 6.45) is -4.82. The van der Waals surface area contributed by atoms with Gasteiger partial charge in [0.1, 0.15) is 24.4 Å². The highest BCUT2D eigenvalue weighted by molar-refractivity contribution is 5.76. The maximum absolute atomic E-state index is 12.7. The van der Waals surface area contributed by atoms with E-state index in [1.54, 1.807) is 26.8 Å². The van der Waals surface area contributed by atoms with E-state index < -0.39 is 42.7 Å². The van der Waals surface area contributed by atoms with E-state index in [2.05, 4.69) is 0 Å². The van der Waals surface area contributed by atoms with Crippen molar-refractivity contribution >= 4 is 24.4 Å². The van der Waals surface area contributed by atoms with Crippen LogP contribution >= 0.6 is 0 Å². The van der Waals surface area contributed by atoms with Gasteiger partial charge in [-0.2, -0.15) is 0 Å². The minimum atomic E-state index is -1.12. The van der Waals surface area contributed by atoms with Gasteiger partial charge >= 0.3 is 24.4 Å². The molecular weight excluding hydrogens is 562 g/mol. The van der Waals surface area contributed by atoms with Crippen molar-refractivity contribution in [2.75, 3.05) is 13.2 Å². The molecule has 12 nitrogen and oxygen atoms in total. The summed E-state index contributed by atoms with van der Waals surface area (Å²) in [6.45, 7) is 20.2. The Bertz CT molecular complexity index is 1090. The topological polar surface area (TPSA) is 159 Å². The highest BCUT2D eigenvalue weighted by atomic mass is 16.8. The smallest absolute Gasteiger partial charge is 0.458 e.